The molecule has 152 valence electrons. The number of aryl methyl sites for hydroxylation is 1. The van der Waals surface area contributed by atoms with Crippen molar-refractivity contribution in [1.29, 1.82) is 0 Å². The highest BCUT2D eigenvalue weighted by Crippen LogP contribution is 2.27. The van der Waals surface area contributed by atoms with Gasteiger partial charge in [-0.2, -0.15) is 0 Å². The van der Waals surface area contributed by atoms with Crippen LogP contribution in [0.15, 0.2) is 24.7 Å². The first-order chi connectivity index (χ1) is 13.2. The minimum Gasteiger partial charge on any atom is -0.340 e. The summed E-state index contributed by atoms with van der Waals surface area (Å²) in [4.78, 5) is 18.6. The van der Waals surface area contributed by atoms with E-state index >= 15 is 0 Å². The number of nitrogens with zero attached hydrogens (tertiary/aromatic N) is 2. The predicted octanol–water partition coefficient (Wildman–Crippen LogP) is 3.02. The minimum atomic E-state index is -3.72. The molecule has 2 N–H and O–H groups in total. The van der Waals surface area contributed by atoms with Crippen molar-refractivity contribution in [2.75, 3.05) is 5.75 Å². The molecule has 0 unspecified atom stereocenters. The van der Waals surface area contributed by atoms with E-state index in [1.165, 1.54) is 12.1 Å². The number of imidazole rings is 1. The summed E-state index contributed by atoms with van der Waals surface area (Å²) in [5.74, 6) is -1.85. The van der Waals surface area contributed by atoms with Crippen molar-refractivity contribution in [3.05, 3.63) is 41.1 Å². The van der Waals surface area contributed by atoms with Crippen LogP contribution >= 0.6 is 11.6 Å². The Kier molecular flexibility index (Phi) is 6.36. The van der Waals surface area contributed by atoms with Crippen molar-refractivity contribution in [2.24, 2.45) is 13.0 Å². The van der Waals surface area contributed by atoms with Crippen LogP contribution in [0.5, 0.6) is 0 Å². The molecule has 0 atom stereocenters. The zero-order chi connectivity index (χ0) is 20.3. The fourth-order valence-electron chi connectivity index (χ4n) is 3.36. The topological polar surface area (TPSA) is 93.1 Å². The zero-order valence-electron chi connectivity index (χ0n) is 15.4. The lowest BCUT2D eigenvalue weighted by Gasteiger charge is -2.21. The highest BCUT2D eigenvalue weighted by atomic mass is 35.5. The van der Waals surface area contributed by atoms with Gasteiger partial charge < -0.3 is 4.57 Å². The molecule has 0 radical (unpaired) electrons. The Morgan fingerprint density at radius 3 is 2.68 bits per heavy atom. The highest BCUT2D eigenvalue weighted by Gasteiger charge is 2.23. The van der Waals surface area contributed by atoms with E-state index < -0.39 is 21.7 Å². The van der Waals surface area contributed by atoms with Crippen molar-refractivity contribution >= 4 is 27.5 Å². The number of rotatable bonds is 6. The van der Waals surface area contributed by atoms with Gasteiger partial charge in [-0.25, -0.2) is 17.8 Å². The SMILES string of the molecule is Cn1cnc(-c2cc(Cl)c(F)c(C(=O)NNS(=O)(=O)CC3CCCCC3)c2)c1. The molecule has 7 nitrogen and oxygen atoms in total. The van der Waals surface area contributed by atoms with Gasteiger partial charge in [0, 0.05) is 18.8 Å². The molecule has 0 aliphatic heterocycles. The zero-order valence-corrected chi connectivity index (χ0v) is 17.0. The Morgan fingerprint density at radius 2 is 2.04 bits per heavy atom. The third kappa shape index (κ3) is 5.09. The van der Waals surface area contributed by atoms with E-state index in [-0.39, 0.29) is 22.3 Å². The molecule has 0 bridgehead atoms. The largest absolute Gasteiger partial charge is 0.340 e. The molecular weight excluding hydrogens is 407 g/mol. The van der Waals surface area contributed by atoms with E-state index in [4.69, 9.17) is 11.6 Å². The molecule has 0 spiro atoms. The quantitative estimate of drug-likeness (QED) is 0.691. The molecule has 2 aromatic rings. The van der Waals surface area contributed by atoms with Crippen LogP contribution in [0.3, 0.4) is 0 Å². The van der Waals surface area contributed by atoms with Crippen molar-refractivity contribution in [1.82, 2.24) is 19.8 Å². The summed E-state index contributed by atoms with van der Waals surface area (Å²) < 4.78 is 40.5. The van der Waals surface area contributed by atoms with Crippen LogP contribution in [-0.2, 0) is 17.1 Å². The standard InChI is InChI=1S/C18H22ClFN4O3S/c1-24-9-16(21-11-24)13-7-14(17(20)15(19)8-13)18(25)22-23-28(26,27)10-12-5-3-2-4-6-12/h7-9,11-12,23H,2-6,10H2,1H3,(H,22,25). The van der Waals surface area contributed by atoms with Crippen LogP contribution in [0.4, 0.5) is 4.39 Å². The molecule has 1 aliphatic rings. The number of hydrazine groups is 1. The van der Waals surface area contributed by atoms with Gasteiger partial charge in [0.2, 0.25) is 10.0 Å². The number of benzene rings is 1. The Hall–Kier alpha value is -1.97. The van der Waals surface area contributed by atoms with E-state index in [1.54, 1.807) is 24.1 Å². The number of amides is 1. The molecule has 28 heavy (non-hydrogen) atoms. The predicted molar refractivity (Wildman–Crippen MR) is 105 cm³/mol. The number of halogens is 2. The lowest BCUT2D eigenvalue weighted by atomic mass is 9.91. The van der Waals surface area contributed by atoms with Gasteiger partial charge in [-0.1, -0.05) is 30.9 Å². The molecule has 1 saturated carbocycles. The minimum absolute atomic E-state index is 0.0650. The average molecular weight is 429 g/mol. The van der Waals surface area contributed by atoms with E-state index in [1.807, 2.05) is 0 Å². The second kappa shape index (κ2) is 8.59. The second-order valence-electron chi connectivity index (χ2n) is 7.09. The summed E-state index contributed by atoms with van der Waals surface area (Å²) in [6.07, 6.45) is 8.10. The van der Waals surface area contributed by atoms with Crippen molar-refractivity contribution in [2.45, 2.75) is 32.1 Å². The monoisotopic (exact) mass is 428 g/mol. The van der Waals surface area contributed by atoms with Gasteiger partial charge in [0.15, 0.2) is 5.82 Å². The molecule has 1 amide bonds. The lowest BCUT2D eigenvalue weighted by Crippen LogP contribution is -2.44. The third-order valence-electron chi connectivity index (χ3n) is 4.77. The summed E-state index contributed by atoms with van der Waals surface area (Å²) in [7, 11) is -1.95. The van der Waals surface area contributed by atoms with E-state index in [2.05, 4.69) is 15.2 Å². The fraction of sp³-hybridized carbons (Fsp3) is 0.444. The number of carbonyl (C=O) groups excluding carboxylic acids is 1. The normalized spacial score (nSPS) is 15.5. The maximum absolute atomic E-state index is 14.3. The number of hydrogen-bond donors (Lipinski definition) is 2. The second-order valence-corrected chi connectivity index (χ2v) is 9.26. The van der Waals surface area contributed by atoms with E-state index in [9.17, 15) is 17.6 Å². The third-order valence-corrected chi connectivity index (χ3v) is 6.37. The molecule has 10 heteroatoms. The molecule has 1 aliphatic carbocycles. The van der Waals surface area contributed by atoms with Gasteiger partial charge in [-0.15, -0.1) is 4.83 Å². The van der Waals surface area contributed by atoms with Gasteiger partial charge in [-0.3, -0.25) is 10.2 Å². The Morgan fingerprint density at radius 1 is 1.32 bits per heavy atom. The van der Waals surface area contributed by atoms with Crippen molar-refractivity contribution < 1.29 is 17.6 Å². The maximum atomic E-state index is 14.3. The average Bonchev–Trinajstić information content (AvgIpc) is 3.09. The number of hydrogen-bond acceptors (Lipinski definition) is 4. The molecule has 1 aromatic heterocycles. The summed E-state index contributed by atoms with van der Waals surface area (Å²) in [5.41, 5.74) is 2.67. The first-order valence-electron chi connectivity index (χ1n) is 9.02. The highest BCUT2D eigenvalue weighted by molar-refractivity contribution is 7.89. The molecular formula is C18H22ClFN4O3S. The van der Waals surface area contributed by atoms with Gasteiger partial charge in [0.25, 0.3) is 5.91 Å². The summed E-state index contributed by atoms with van der Waals surface area (Å²) in [6, 6.07) is 2.65. The van der Waals surface area contributed by atoms with Gasteiger partial charge in [0.05, 0.1) is 28.4 Å². The summed E-state index contributed by atoms with van der Waals surface area (Å²) >= 11 is 5.91. The first kappa shape index (κ1) is 20.8. The summed E-state index contributed by atoms with van der Waals surface area (Å²) in [5, 5.41) is -0.252. The first-order valence-corrected chi connectivity index (χ1v) is 11.1. The van der Waals surface area contributed by atoms with Crippen molar-refractivity contribution in [3.8, 4) is 11.3 Å². The smallest absolute Gasteiger partial charge is 0.269 e. The van der Waals surface area contributed by atoms with Crippen LogP contribution in [-0.4, -0.2) is 29.6 Å². The van der Waals surface area contributed by atoms with Crippen LogP contribution in [0, 0.1) is 11.7 Å². The Balaban J connectivity index is 1.72. The number of sulfonamides is 1. The molecule has 1 aromatic carbocycles. The van der Waals surface area contributed by atoms with Crippen LogP contribution in [0.2, 0.25) is 5.02 Å². The number of carbonyl (C=O) groups is 1. The molecule has 1 heterocycles. The Labute approximate surface area is 168 Å². The van der Waals surface area contributed by atoms with Crippen molar-refractivity contribution in [3.63, 3.8) is 0 Å². The summed E-state index contributed by atoms with van der Waals surface area (Å²) in [6.45, 7) is 0. The van der Waals surface area contributed by atoms with Gasteiger partial charge >= 0.3 is 0 Å². The fourth-order valence-corrected chi connectivity index (χ4v) is 4.87. The van der Waals surface area contributed by atoms with E-state index in [0.29, 0.717) is 11.3 Å². The maximum Gasteiger partial charge on any atom is 0.269 e. The molecule has 1 fully saturated rings. The Bertz CT molecular complexity index is 971. The number of nitrogens with one attached hydrogen (secondary N) is 2. The van der Waals surface area contributed by atoms with Crippen LogP contribution in [0.1, 0.15) is 42.5 Å². The lowest BCUT2D eigenvalue weighted by molar-refractivity contribution is 0.0941. The molecule has 3 rings (SSSR count). The number of aromatic nitrogens is 2. The van der Waals surface area contributed by atoms with Crippen LogP contribution in [0.25, 0.3) is 11.3 Å². The van der Waals surface area contributed by atoms with E-state index in [0.717, 1.165) is 32.1 Å². The van der Waals surface area contributed by atoms with Gasteiger partial charge in [0.1, 0.15) is 0 Å². The van der Waals surface area contributed by atoms with Crippen LogP contribution < -0.4 is 10.3 Å². The molecule has 0 saturated heterocycles. The van der Waals surface area contributed by atoms with Gasteiger partial charge in [-0.05, 0) is 30.9 Å².